The molecule has 0 aliphatic heterocycles. The minimum Gasteiger partial charge on any atom is -0.246 e. The predicted octanol–water partition coefficient (Wildman–Crippen LogP) is 4.70. The molecule has 88 valence electrons. The van der Waals surface area contributed by atoms with Gasteiger partial charge in [-0.15, -0.1) is 11.6 Å². The molecule has 0 saturated heterocycles. The van der Waals surface area contributed by atoms with Gasteiger partial charge < -0.3 is 0 Å². The number of hydrogen-bond acceptors (Lipinski definition) is 0. The zero-order valence-corrected chi connectivity index (χ0v) is 10.2. The topological polar surface area (TPSA) is 0 Å². The second-order valence-electron chi connectivity index (χ2n) is 5.39. The van der Waals surface area contributed by atoms with Crippen molar-refractivity contribution in [3.8, 4) is 0 Å². The standard InChI is InChI=1S/C13H22ClF/c14-12-8-4-7-11(13(12)15)9-10-5-2-1-3-6-10/h10-13H,1-9H2. The van der Waals surface area contributed by atoms with E-state index in [0.29, 0.717) is 0 Å². The van der Waals surface area contributed by atoms with Gasteiger partial charge in [0.1, 0.15) is 6.17 Å². The highest BCUT2D eigenvalue weighted by atomic mass is 35.5. The molecule has 3 unspecified atom stereocenters. The summed E-state index contributed by atoms with van der Waals surface area (Å²) in [4.78, 5) is 0. The summed E-state index contributed by atoms with van der Waals surface area (Å²) in [6.45, 7) is 0. The Labute approximate surface area is 97.6 Å². The fourth-order valence-corrected chi connectivity index (χ4v) is 3.65. The van der Waals surface area contributed by atoms with Gasteiger partial charge in [0.25, 0.3) is 0 Å². The predicted molar refractivity (Wildman–Crippen MR) is 63.1 cm³/mol. The summed E-state index contributed by atoms with van der Waals surface area (Å²) in [5, 5.41) is -0.202. The first-order valence-corrected chi connectivity index (χ1v) is 6.99. The molecule has 2 rings (SSSR count). The zero-order valence-electron chi connectivity index (χ0n) is 9.43. The Hall–Kier alpha value is 0.220. The van der Waals surface area contributed by atoms with Gasteiger partial charge in [-0.2, -0.15) is 0 Å². The van der Waals surface area contributed by atoms with Crippen molar-refractivity contribution in [2.45, 2.75) is 69.3 Å². The highest BCUT2D eigenvalue weighted by molar-refractivity contribution is 6.21. The average Bonchev–Trinajstić information content (AvgIpc) is 2.26. The van der Waals surface area contributed by atoms with E-state index >= 15 is 0 Å². The SMILES string of the molecule is FC1C(Cl)CCCC1CC1CCCCC1. The zero-order chi connectivity index (χ0) is 10.7. The summed E-state index contributed by atoms with van der Waals surface area (Å²) in [7, 11) is 0. The van der Waals surface area contributed by atoms with E-state index in [1.54, 1.807) is 0 Å². The van der Waals surface area contributed by atoms with Gasteiger partial charge in [0.2, 0.25) is 0 Å². The smallest absolute Gasteiger partial charge is 0.119 e. The minimum atomic E-state index is -0.734. The monoisotopic (exact) mass is 232 g/mol. The number of hydrogen-bond donors (Lipinski definition) is 0. The molecule has 0 aromatic rings. The minimum absolute atomic E-state index is 0.202. The van der Waals surface area contributed by atoms with Crippen LogP contribution in [-0.2, 0) is 0 Å². The van der Waals surface area contributed by atoms with E-state index < -0.39 is 6.17 Å². The average molecular weight is 233 g/mol. The molecule has 3 atom stereocenters. The lowest BCUT2D eigenvalue weighted by Crippen LogP contribution is -2.32. The van der Waals surface area contributed by atoms with Crippen molar-refractivity contribution in [2.24, 2.45) is 11.8 Å². The van der Waals surface area contributed by atoms with Crippen LogP contribution in [0.1, 0.15) is 57.8 Å². The third-order valence-electron chi connectivity index (χ3n) is 4.21. The van der Waals surface area contributed by atoms with Crippen molar-refractivity contribution in [3.63, 3.8) is 0 Å². The fraction of sp³-hybridized carbons (Fsp3) is 1.00. The second-order valence-corrected chi connectivity index (χ2v) is 5.95. The van der Waals surface area contributed by atoms with Crippen molar-refractivity contribution < 1.29 is 4.39 Å². The van der Waals surface area contributed by atoms with Crippen molar-refractivity contribution in [2.75, 3.05) is 0 Å². The van der Waals surface area contributed by atoms with E-state index in [-0.39, 0.29) is 11.3 Å². The lowest BCUT2D eigenvalue weighted by Gasteiger charge is -2.33. The van der Waals surface area contributed by atoms with Crippen LogP contribution in [0.3, 0.4) is 0 Å². The maximum atomic E-state index is 13.9. The summed E-state index contributed by atoms with van der Waals surface area (Å²) < 4.78 is 13.9. The van der Waals surface area contributed by atoms with Crippen LogP contribution in [0.5, 0.6) is 0 Å². The van der Waals surface area contributed by atoms with Crippen LogP contribution >= 0.6 is 11.6 Å². The molecule has 0 heterocycles. The first-order valence-electron chi connectivity index (χ1n) is 6.55. The Balaban J connectivity index is 1.81. The van der Waals surface area contributed by atoms with E-state index in [4.69, 9.17) is 11.6 Å². The van der Waals surface area contributed by atoms with Crippen LogP contribution in [0.4, 0.5) is 4.39 Å². The van der Waals surface area contributed by atoms with E-state index in [1.807, 2.05) is 0 Å². The largest absolute Gasteiger partial charge is 0.246 e. The Morgan fingerprint density at radius 1 is 0.933 bits per heavy atom. The summed E-state index contributed by atoms with van der Waals surface area (Å²) >= 11 is 6.00. The normalized spacial score (nSPS) is 39.2. The Kier molecular flexibility index (Phi) is 4.30. The van der Waals surface area contributed by atoms with Crippen molar-refractivity contribution in [1.29, 1.82) is 0 Å². The van der Waals surface area contributed by atoms with E-state index in [2.05, 4.69) is 0 Å². The van der Waals surface area contributed by atoms with Gasteiger partial charge in [-0.3, -0.25) is 0 Å². The number of halogens is 2. The molecule has 0 amide bonds. The quantitative estimate of drug-likeness (QED) is 0.606. The number of alkyl halides is 2. The molecule has 2 aliphatic carbocycles. The van der Waals surface area contributed by atoms with E-state index in [9.17, 15) is 4.39 Å². The summed E-state index contributed by atoms with van der Waals surface area (Å²) in [5.41, 5.74) is 0. The Bertz CT molecular complexity index is 189. The van der Waals surface area contributed by atoms with Gasteiger partial charge in [-0.25, -0.2) is 4.39 Å². The van der Waals surface area contributed by atoms with Crippen LogP contribution in [0.15, 0.2) is 0 Å². The van der Waals surface area contributed by atoms with Gasteiger partial charge in [0.15, 0.2) is 0 Å². The first-order chi connectivity index (χ1) is 7.27. The molecule has 15 heavy (non-hydrogen) atoms. The first kappa shape index (κ1) is 11.7. The Morgan fingerprint density at radius 2 is 1.67 bits per heavy atom. The van der Waals surface area contributed by atoms with Gasteiger partial charge in [-0.05, 0) is 31.1 Å². The maximum absolute atomic E-state index is 13.9. The van der Waals surface area contributed by atoms with Crippen LogP contribution in [0, 0.1) is 11.8 Å². The molecule has 0 N–H and O–H groups in total. The molecule has 0 radical (unpaired) electrons. The highest BCUT2D eigenvalue weighted by Gasteiger charge is 2.33. The van der Waals surface area contributed by atoms with Crippen LogP contribution in [0.25, 0.3) is 0 Å². The van der Waals surface area contributed by atoms with Crippen molar-refractivity contribution in [3.05, 3.63) is 0 Å². The summed E-state index contributed by atoms with van der Waals surface area (Å²) in [6.07, 6.45) is 10.2. The molecule has 0 aromatic heterocycles. The van der Waals surface area contributed by atoms with Crippen LogP contribution < -0.4 is 0 Å². The molecule has 2 aliphatic rings. The third kappa shape index (κ3) is 3.09. The maximum Gasteiger partial charge on any atom is 0.119 e. The fourth-order valence-electron chi connectivity index (χ4n) is 3.29. The Morgan fingerprint density at radius 3 is 2.40 bits per heavy atom. The van der Waals surface area contributed by atoms with Gasteiger partial charge in [0.05, 0.1) is 5.38 Å². The van der Waals surface area contributed by atoms with Gasteiger partial charge >= 0.3 is 0 Å². The van der Waals surface area contributed by atoms with Gasteiger partial charge in [0, 0.05) is 0 Å². The van der Waals surface area contributed by atoms with Gasteiger partial charge in [-0.1, -0.05) is 38.5 Å². The summed E-state index contributed by atoms with van der Waals surface area (Å²) in [5.74, 6) is 1.06. The molecule has 0 bridgehead atoms. The molecular formula is C13H22ClF. The lowest BCUT2D eigenvalue weighted by molar-refractivity contribution is 0.134. The second kappa shape index (κ2) is 5.52. The molecular weight excluding hydrogens is 211 g/mol. The van der Waals surface area contributed by atoms with Crippen LogP contribution in [0.2, 0.25) is 0 Å². The molecule has 0 spiro atoms. The lowest BCUT2D eigenvalue weighted by atomic mass is 9.77. The van der Waals surface area contributed by atoms with E-state index in [1.165, 1.54) is 32.1 Å². The number of rotatable bonds is 2. The summed E-state index contributed by atoms with van der Waals surface area (Å²) in [6, 6.07) is 0. The van der Waals surface area contributed by atoms with E-state index in [0.717, 1.165) is 31.6 Å². The third-order valence-corrected chi connectivity index (χ3v) is 4.67. The molecule has 2 saturated carbocycles. The highest BCUT2D eigenvalue weighted by Crippen LogP contribution is 2.38. The molecule has 2 fully saturated rings. The van der Waals surface area contributed by atoms with Crippen LogP contribution in [-0.4, -0.2) is 11.5 Å². The molecule has 0 nitrogen and oxygen atoms in total. The van der Waals surface area contributed by atoms with Crippen molar-refractivity contribution in [1.82, 2.24) is 0 Å². The molecule has 0 aromatic carbocycles. The van der Waals surface area contributed by atoms with Crippen molar-refractivity contribution >= 4 is 11.6 Å². The molecule has 2 heteroatoms.